The molecule has 16 heavy (non-hydrogen) atoms. The van der Waals surface area contributed by atoms with Gasteiger partial charge in [-0.1, -0.05) is 27.7 Å². The van der Waals surface area contributed by atoms with Crippen LogP contribution >= 0.6 is 0 Å². The lowest BCUT2D eigenvalue weighted by Gasteiger charge is -2.34. The van der Waals surface area contributed by atoms with Crippen LogP contribution in [0.25, 0.3) is 0 Å². The summed E-state index contributed by atoms with van der Waals surface area (Å²) in [5, 5.41) is 0. The molecule has 2 rings (SSSR count). The maximum Gasteiger partial charge on any atom is 0.123 e. The van der Waals surface area contributed by atoms with Crippen LogP contribution in [0, 0.1) is 11.8 Å². The third kappa shape index (κ3) is 4.04. The molecule has 1 nitrogen and oxygen atoms in total. The van der Waals surface area contributed by atoms with E-state index in [0.29, 0.717) is 6.54 Å². The molecule has 0 N–H and O–H groups in total. The Hall–Kier alpha value is -0.110. The molecule has 0 amide bonds. The Morgan fingerprint density at radius 1 is 1.19 bits per heavy atom. The summed E-state index contributed by atoms with van der Waals surface area (Å²) in [4.78, 5) is 2.33. The molecule has 0 atom stereocenters. The number of nitrogens with zero attached hydrogens (tertiary/aromatic N) is 1. The highest BCUT2D eigenvalue weighted by molar-refractivity contribution is 4.97. The van der Waals surface area contributed by atoms with Crippen LogP contribution < -0.4 is 0 Å². The molecule has 0 aromatic rings. The average molecular weight is 229 g/mol. The largest absolute Gasteiger partial charge is 0.300 e. The molecule has 0 aromatic carbocycles. The zero-order chi connectivity index (χ0) is 12.2. The second-order valence-electron chi connectivity index (χ2n) is 5.51. The van der Waals surface area contributed by atoms with Crippen molar-refractivity contribution in [3.8, 4) is 0 Å². The molecule has 0 unspecified atom stereocenters. The van der Waals surface area contributed by atoms with Crippen molar-refractivity contribution in [2.75, 3.05) is 19.6 Å². The Bertz CT molecular complexity index is 191. The Balaban J connectivity index is 0.000000606. The van der Waals surface area contributed by atoms with Gasteiger partial charge in [0.2, 0.25) is 0 Å². The highest BCUT2D eigenvalue weighted by Gasteiger charge is 2.44. The zero-order valence-electron chi connectivity index (χ0n) is 11.4. The number of hydrogen-bond donors (Lipinski definition) is 0. The lowest BCUT2D eigenvalue weighted by molar-refractivity contribution is 0.116. The van der Waals surface area contributed by atoms with Gasteiger partial charge in [-0.3, -0.25) is 0 Å². The molecule has 1 saturated carbocycles. The van der Waals surface area contributed by atoms with E-state index in [9.17, 15) is 4.39 Å². The molecule has 1 aliphatic carbocycles. The van der Waals surface area contributed by atoms with E-state index in [1.165, 1.54) is 12.8 Å². The van der Waals surface area contributed by atoms with Crippen molar-refractivity contribution in [3.63, 3.8) is 0 Å². The van der Waals surface area contributed by atoms with Crippen molar-refractivity contribution in [1.29, 1.82) is 0 Å². The SMILES string of the molecule is CC.CC(C)C1CCN(CC2(F)CC2)CC1. The summed E-state index contributed by atoms with van der Waals surface area (Å²) in [6, 6.07) is 0. The molecule has 2 heteroatoms. The van der Waals surface area contributed by atoms with Crippen LogP contribution in [0.2, 0.25) is 0 Å². The minimum Gasteiger partial charge on any atom is -0.300 e. The minimum atomic E-state index is -0.787. The van der Waals surface area contributed by atoms with Gasteiger partial charge in [-0.25, -0.2) is 4.39 Å². The molecule has 1 aliphatic heterocycles. The van der Waals surface area contributed by atoms with E-state index in [-0.39, 0.29) is 0 Å². The van der Waals surface area contributed by atoms with Gasteiger partial charge in [0.15, 0.2) is 0 Å². The summed E-state index contributed by atoms with van der Waals surface area (Å²) in [5.41, 5.74) is -0.787. The first-order chi connectivity index (χ1) is 7.59. The van der Waals surface area contributed by atoms with Crippen LogP contribution in [0.3, 0.4) is 0 Å². The Labute approximate surface area is 100 Å². The van der Waals surface area contributed by atoms with Gasteiger partial charge in [0, 0.05) is 6.54 Å². The Kier molecular flexibility index (Phi) is 5.23. The maximum atomic E-state index is 13.5. The van der Waals surface area contributed by atoms with Crippen molar-refractivity contribution in [1.82, 2.24) is 4.90 Å². The first-order valence-corrected chi connectivity index (χ1v) is 7.00. The maximum absolute atomic E-state index is 13.5. The van der Waals surface area contributed by atoms with Crippen molar-refractivity contribution in [2.45, 2.75) is 59.0 Å². The van der Waals surface area contributed by atoms with Gasteiger partial charge < -0.3 is 4.90 Å². The van der Waals surface area contributed by atoms with Gasteiger partial charge in [-0.05, 0) is 50.6 Å². The molecular weight excluding hydrogens is 201 g/mol. The predicted octanol–water partition coefficient (Wildman–Crippen LogP) is 3.88. The van der Waals surface area contributed by atoms with Gasteiger partial charge in [0.1, 0.15) is 5.67 Å². The summed E-state index contributed by atoms with van der Waals surface area (Å²) >= 11 is 0. The summed E-state index contributed by atoms with van der Waals surface area (Å²) in [5.74, 6) is 1.68. The van der Waals surface area contributed by atoms with Gasteiger partial charge >= 0.3 is 0 Å². The third-order valence-electron chi connectivity index (χ3n) is 3.87. The summed E-state index contributed by atoms with van der Waals surface area (Å²) < 4.78 is 13.5. The molecule has 1 heterocycles. The molecule has 1 saturated heterocycles. The number of rotatable bonds is 3. The first-order valence-electron chi connectivity index (χ1n) is 7.00. The first kappa shape index (κ1) is 14.0. The molecule has 2 aliphatic rings. The van der Waals surface area contributed by atoms with E-state index >= 15 is 0 Å². The number of alkyl halides is 1. The second-order valence-corrected chi connectivity index (χ2v) is 5.51. The zero-order valence-corrected chi connectivity index (χ0v) is 11.4. The monoisotopic (exact) mass is 229 g/mol. The van der Waals surface area contributed by atoms with Gasteiger partial charge in [0.25, 0.3) is 0 Å². The topological polar surface area (TPSA) is 3.24 Å². The fourth-order valence-corrected chi connectivity index (χ4v) is 2.47. The molecule has 0 bridgehead atoms. The molecule has 0 aromatic heterocycles. The van der Waals surface area contributed by atoms with E-state index < -0.39 is 5.67 Å². The molecule has 2 fully saturated rings. The Morgan fingerprint density at radius 3 is 2.06 bits per heavy atom. The van der Waals surface area contributed by atoms with Crippen molar-refractivity contribution in [3.05, 3.63) is 0 Å². The van der Waals surface area contributed by atoms with Gasteiger partial charge in [0.05, 0.1) is 0 Å². The molecule has 0 radical (unpaired) electrons. The van der Waals surface area contributed by atoms with Crippen LogP contribution in [0.4, 0.5) is 4.39 Å². The lowest BCUT2D eigenvalue weighted by Crippen LogP contribution is -2.39. The number of piperidine rings is 1. The highest BCUT2D eigenvalue weighted by atomic mass is 19.1. The molecule has 0 spiro atoms. The van der Waals surface area contributed by atoms with Crippen LogP contribution in [0.1, 0.15) is 53.4 Å². The fourth-order valence-electron chi connectivity index (χ4n) is 2.47. The quantitative estimate of drug-likeness (QED) is 0.710. The fraction of sp³-hybridized carbons (Fsp3) is 1.00. The van der Waals surface area contributed by atoms with E-state index in [2.05, 4.69) is 18.7 Å². The lowest BCUT2D eigenvalue weighted by atomic mass is 9.86. The molecule has 96 valence electrons. The van der Waals surface area contributed by atoms with E-state index in [1.807, 2.05) is 13.8 Å². The van der Waals surface area contributed by atoms with Gasteiger partial charge in [-0.2, -0.15) is 0 Å². The predicted molar refractivity (Wildman–Crippen MR) is 68.4 cm³/mol. The van der Waals surface area contributed by atoms with Gasteiger partial charge in [-0.15, -0.1) is 0 Å². The standard InChI is InChI=1S/C12H22FN.C2H6/c1-10(2)11-3-7-14(8-4-11)9-12(13)5-6-12;1-2/h10-11H,3-9H2,1-2H3;1-2H3. The van der Waals surface area contributed by atoms with Crippen LogP contribution in [-0.2, 0) is 0 Å². The van der Waals surface area contributed by atoms with Crippen molar-refractivity contribution >= 4 is 0 Å². The normalized spacial score (nSPS) is 25.1. The summed E-state index contributed by atoms with van der Waals surface area (Å²) in [6.07, 6.45) is 4.15. The van der Waals surface area contributed by atoms with Crippen LogP contribution in [0.15, 0.2) is 0 Å². The second kappa shape index (κ2) is 6.00. The minimum absolute atomic E-state index is 0.706. The van der Waals surface area contributed by atoms with E-state index in [1.54, 1.807) is 0 Å². The smallest absolute Gasteiger partial charge is 0.123 e. The number of halogens is 1. The number of hydrogen-bond acceptors (Lipinski definition) is 1. The Morgan fingerprint density at radius 2 is 1.69 bits per heavy atom. The highest BCUT2D eigenvalue weighted by Crippen LogP contribution is 2.41. The third-order valence-corrected chi connectivity index (χ3v) is 3.87. The van der Waals surface area contributed by atoms with E-state index in [4.69, 9.17) is 0 Å². The van der Waals surface area contributed by atoms with Crippen molar-refractivity contribution < 1.29 is 4.39 Å². The summed E-state index contributed by atoms with van der Waals surface area (Å²) in [7, 11) is 0. The number of likely N-dealkylation sites (tertiary alicyclic amines) is 1. The molecular formula is C14H28FN. The van der Waals surface area contributed by atoms with Crippen LogP contribution in [-0.4, -0.2) is 30.2 Å². The summed E-state index contributed by atoms with van der Waals surface area (Å²) in [6.45, 7) is 11.6. The average Bonchev–Trinajstić information content (AvgIpc) is 3.00. The van der Waals surface area contributed by atoms with E-state index in [0.717, 1.165) is 37.8 Å². The van der Waals surface area contributed by atoms with Crippen LogP contribution in [0.5, 0.6) is 0 Å². The van der Waals surface area contributed by atoms with Crippen molar-refractivity contribution in [2.24, 2.45) is 11.8 Å².